The summed E-state index contributed by atoms with van der Waals surface area (Å²) in [7, 11) is 0. The number of hydrogen-bond donors (Lipinski definition) is 1. The maximum Gasteiger partial charge on any atom is 0.249 e. The van der Waals surface area contributed by atoms with Gasteiger partial charge in [0.25, 0.3) is 0 Å². The highest BCUT2D eigenvalue weighted by atomic mass is 16.5. The van der Waals surface area contributed by atoms with Gasteiger partial charge in [-0.1, -0.05) is 19.3 Å². The Morgan fingerprint density at radius 1 is 1.20 bits per heavy atom. The molecule has 0 aromatic rings. The van der Waals surface area contributed by atoms with E-state index in [1.54, 1.807) is 0 Å². The summed E-state index contributed by atoms with van der Waals surface area (Å²) in [5.74, 6) is 0.122. The lowest BCUT2D eigenvalue weighted by Crippen LogP contribution is -2.72. The molecule has 0 aromatic carbocycles. The van der Waals surface area contributed by atoms with Crippen molar-refractivity contribution < 1.29 is 14.3 Å². The zero-order valence-electron chi connectivity index (χ0n) is 12.2. The molecule has 3 fully saturated rings. The van der Waals surface area contributed by atoms with Crippen molar-refractivity contribution in [3.63, 3.8) is 0 Å². The predicted molar refractivity (Wildman–Crippen MR) is 74.1 cm³/mol. The largest absolute Gasteiger partial charge is 0.379 e. The topological polar surface area (TPSA) is 58.6 Å². The molecule has 2 unspecified atom stereocenters. The maximum absolute atomic E-state index is 13.0. The van der Waals surface area contributed by atoms with Gasteiger partial charge in [0.15, 0.2) is 0 Å². The van der Waals surface area contributed by atoms with Gasteiger partial charge in [0.1, 0.15) is 11.6 Å². The molecule has 3 aliphatic rings. The minimum absolute atomic E-state index is 0.00271. The smallest absolute Gasteiger partial charge is 0.249 e. The van der Waals surface area contributed by atoms with Crippen molar-refractivity contribution in [2.75, 3.05) is 13.2 Å². The Kier molecular flexibility index (Phi) is 3.71. The second-order valence-electron chi connectivity index (χ2n) is 6.39. The number of nitrogens with zero attached hydrogens (tertiary/aromatic N) is 1. The maximum atomic E-state index is 13.0. The molecule has 3 rings (SSSR count). The van der Waals surface area contributed by atoms with Gasteiger partial charge in [-0.2, -0.15) is 0 Å². The molecular weight excluding hydrogens is 256 g/mol. The molecule has 5 heteroatoms. The van der Waals surface area contributed by atoms with Gasteiger partial charge in [0, 0.05) is 6.61 Å². The van der Waals surface area contributed by atoms with Crippen LogP contribution in [0.25, 0.3) is 0 Å². The van der Waals surface area contributed by atoms with Crippen LogP contribution in [0.3, 0.4) is 0 Å². The molecule has 5 nitrogen and oxygen atoms in total. The van der Waals surface area contributed by atoms with Crippen molar-refractivity contribution in [3.8, 4) is 0 Å². The fourth-order valence-electron chi connectivity index (χ4n) is 3.86. The highest BCUT2D eigenvalue weighted by molar-refractivity contribution is 5.99. The summed E-state index contributed by atoms with van der Waals surface area (Å²) >= 11 is 0. The molecule has 20 heavy (non-hydrogen) atoms. The number of nitrogens with one attached hydrogen (secondary N) is 1. The number of hydrogen-bond acceptors (Lipinski definition) is 3. The second-order valence-corrected chi connectivity index (χ2v) is 6.39. The lowest BCUT2D eigenvalue weighted by molar-refractivity contribution is -0.162. The zero-order valence-corrected chi connectivity index (χ0v) is 12.2. The van der Waals surface area contributed by atoms with Gasteiger partial charge in [-0.05, 0) is 32.6 Å². The van der Waals surface area contributed by atoms with E-state index in [1.807, 2.05) is 11.8 Å². The number of ether oxygens (including phenoxy) is 1. The Labute approximate surface area is 120 Å². The first-order chi connectivity index (χ1) is 9.64. The average molecular weight is 280 g/mol. The molecule has 2 heterocycles. The number of carbonyl (C=O) groups excluding carboxylic acids is 2. The lowest BCUT2D eigenvalue weighted by atomic mass is 9.78. The van der Waals surface area contributed by atoms with E-state index in [4.69, 9.17) is 4.74 Å². The summed E-state index contributed by atoms with van der Waals surface area (Å²) in [5.41, 5.74) is -0.626. The van der Waals surface area contributed by atoms with E-state index >= 15 is 0 Å². The van der Waals surface area contributed by atoms with Crippen LogP contribution in [0, 0.1) is 0 Å². The Morgan fingerprint density at radius 2 is 1.95 bits per heavy atom. The number of piperazine rings is 1. The van der Waals surface area contributed by atoms with Crippen LogP contribution in [0.4, 0.5) is 0 Å². The average Bonchev–Trinajstić information content (AvgIpc) is 2.48. The van der Waals surface area contributed by atoms with Crippen LogP contribution >= 0.6 is 0 Å². The molecule has 1 N–H and O–H groups in total. The van der Waals surface area contributed by atoms with Crippen LogP contribution in [0.15, 0.2) is 0 Å². The van der Waals surface area contributed by atoms with Gasteiger partial charge < -0.3 is 15.0 Å². The third-order valence-electron chi connectivity index (χ3n) is 5.04. The summed E-state index contributed by atoms with van der Waals surface area (Å²) in [4.78, 5) is 27.2. The lowest BCUT2D eigenvalue weighted by Gasteiger charge is -2.50. The van der Waals surface area contributed by atoms with Crippen molar-refractivity contribution >= 4 is 11.8 Å². The Morgan fingerprint density at radius 3 is 2.60 bits per heavy atom. The molecule has 0 bridgehead atoms. The Bertz CT molecular complexity index is 398. The SMILES string of the molecule is CC1C(=O)NC2(CCCCC2)C(=O)N1C1CCCOC1. The first-order valence-electron chi connectivity index (χ1n) is 7.87. The molecule has 112 valence electrons. The van der Waals surface area contributed by atoms with Crippen LogP contribution in [-0.4, -0.2) is 47.6 Å². The van der Waals surface area contributed by atoms with Crippen LogP contribution in [-0.2, 0) is 14.3 Å². The van der Waals surface area contributed by atoms with E-state index in [0.29, 0.717) is 6.61 Å². The summed E-state index contributed by atoms with van der Waals surface area (Å²) in [6.45, 7) is 3.17. The van der Waals surface area contributed by atoms with Crippen molar-refractivity contribution in [2.45, 2.75) is 69.5 Å². The van der Waals surface area contributed by atoms with E-state index in [2.05, 4.69) is 5.32 Å². The third-order valence-corrected chi connectivity index (χ3v) is 5.04. The quantitative estimate of drug-likeness (QED) is 0.785. The van der Waals surface area contributed by atoms with E-state index in [9.17, 15) is 9.59 Å². The zero-order chi connectivity index (χ0) is 14.2. The number of amides is 2. The number of rotatable bonds is 1. The van der Waals surface area contributed by atoms with E-state index in [1.165, 1.54) is 0 Å². The summed E-state index contributed by atoms with van der Waals surface area (Å²) in [6, 6.07) is -0.308. The minimum atomic E-state index is -0.626. The molecule has 2 atom stereocenters. The minimum Gasteiger partial charge on any atom is -0.379 e. The van der Waals surface area contributed by atoms with Crippen LogP contribution in [0.5, 0.6) is 0 Å². The highest BCUT2D eigenvalue weighted by Crippen LogP contribution is 2.35. The van der Waals surface area contributed by atoms with Gasteiger partial charge in [-0.3, -0.25) is 9.59 Å². The summed E-state index contributed by atoms with van der Waals surface area (Å²) in [5, 5.41) is 3.03. The monoisotopic (exact) mass is 280 g/mol. The van der Waals surface area contributed by atoms with Crippen molar-refractivity contribution in [2.24, 2.45) is 0 Å². The summed E-state index contributed by atoms with van der Waals surface area (Å²) in [6.07, 6.45) is 6.69. The van der Waals surface area contributed by atoms with Crippen LogP contribution in [0.2, 0.25) is 0 Å². The van der Waals surface area contributed by atoms with Crippen molar-refractivity contribution in [1.82, 2.24) is 10.2 Å². The fraction of sp³-hybridized carbons (Fsp3) is 0.867. The standard InChI is InChI=1S/C15H24N2O3/c1-11-13(18)16-15(7-3-2-4-8-15)14(19)17(11)12-6-5-9-20-10-12/h11-12H,2-10H2,1H3,(H,16,18). The van der Waals surface area contributed by atoms with E-state index in [0.717, 1.165) is 51.6 Å². The number of carbonyl (C=O) groups is 2. The molecule has 1 aliphatic carbocycles. The van der Waals surface area contributed by atoms with Crippen LogP contribution < -0.4 is 5.32 Å². The van der Waals surface area contributed by atoms with Gasteiger partial charge in [0.2, 0.25) is 11.8 Å². The molecular formula is C15H24N2O3. The highest BCUT2D eigenvalue weighted by Gasteiger charge is 2.51. The molecule has 1 spiro atoms. The van der Waals surface area contributed by atoms with E-state index < -0.39 is 5.54 Å². The van der Waals surface area contributed by atoms with Crippen molar-refractivity contribution in [1.29, 1.82) is 0 Å². The Hall–Kier alpha value is -1.10. The third kappa shape index (κ3) is 2.22. The molecule has 2 aliphatic heterocycles. The molecule has 0 aromatic heterocycles. The predicted octanol–water partition coefficient (Wildman–Crippen LogP) is 1.22. The molecule has 0 radical (unpaired) electrons. The molecule has 2 amide bonds. The van der Waals surface area contributed by atoms with Crippen molar-refractivity contribution in [3.05, 3.63) is 0 Å². The van der Waals surface area contributed by atoms with E-state index in [-0.39, 0.29) is 23.9 Å². The first-order valence-corrected chi connectivity index (χ1v) is 7.87. The van der Waals surface area contributed by atoms with Crippen LogP contribution in [0.1, 0.15) is 51.9 Å². The normalized spacial score (nSPS) is 34.1. The summed E-state index contributed by atoms with van der Waals surface area (Å²) < 4.78 is 5.52. The second kappa shape index (κ2) is 5.35. The van der Waals surface area contributed by atoms with Gasteiger partial charge >= 0.3 is 0 Å². The van der Waals surface area contributed by atoms with Gasteiger partial charge in [0.05, 0.1) is 12.6 Å². The molecule has 2 saturated heterocycles. The molecule has 1 saturated carbocycles. The Balaban J connectivity index is 1.86. The van der Waals surface area contributed by atoms with Gasteiger partial charge in [-0.15, -0.1) is 0 Å². The fourth-order valence-corrected chi connectivity index (χ4v) is 3.86. The first kappa shape index (κ1) is 13.9. The van der Waals surface area contributed by atoms with Gasteiger partial charge in [-0.25, -0.2) is 0 Å².